The number of rotatable bonds is 5. The lowest BCUT2D eigenvalue weighted by molar-refractivity contribution is 0.0145. The number of aromatic hydroxyl groups is 1. The maximum Gasteiger partial charge on any atom is 0.397 e. The Morgan fingerprint density at radius 3 is 1.98 bits per heavy atom. The molecule has 5 heteroatoms. The third kappa shape index (κ3) is 7.55. The van der Waals surface area contributed by atoms with Gasteiger partial charge in [0.05, 0.1) is 12.0 Å². The third-order valence-corrected chi connectivity index (χ3v) is 10.9. The Kier molecular flexibility index (Phi) is 9.82. The molecule has 1 aromatic carbocycles. The third-order valence-electron chi connectivity index (χ3n) is 9.78. The Morgan fingerprint density at radius 2 is 1.46 bits per heavy atom. The van der Waals surface area contributed by atoms with Gasteiger partial charge in [-0.2, -0.15) is 0 Å². The summed E-state index contributed by atoms with van der Waals surface area (Å²) in [7, 11) is -1.61. The number of phenolic OH excluding ortho intramolecular Hbond substituents is 1. The largest absolute Gasteiger partial charge is 0.507 e. The van der Waals surface area contributed by atoms with Crippen molar-refractivity contribution >= 4 is 8.60 Å². The average molecular weight is 651 g/mol. The maximum atomic E-state index is 10.7. The van der Waals surface area contributed by atoms with E-state index in [1.165, 1.54) is 27.9 Å². The van der Waals surface area contributed by atoms with Crippen LogP contribution >= 0.6 is 8.60 Å². The van der Waals surface area contributed by atoms with Gasteiger partial charge >= 0.3 is 8.60 Å². The van der Waals surface area contributed by atoms with Gasteiger partial charge in [-0.1, -0.05) is 140 Å². The van der Waals surface area contributed by atoms with Crippen molar-refractivity contribution in [3.8, 4) is 5.75 Å². The van der Waals surface area contributed by atoms with E-state index < -0.39 is 14.0 Å². The fraction of sp³-hybridized carbons (Fsp3) is 0.659. The van der Waals surface area contributed by atoms with Gasteiger partial charge in [0.1, 0.15) is 17.6 Å². The Morgan fingerprint density at radius 1 is 0.826 bits per heavy atom. The molecule has 256 valence electrons. The van der Waals surface area contributed by atoms with Crippen molar-refractivity contribution in [3.63, 3.8) is 0 Å². The van der Waals surface area contributed by atoms with E-state index in [-0.39, 0.29) is 33.2 Å². The Balaban J connectivity index is 1.73. The van der Waals surface area contributed by atoms with E-state index in [1.807, 2.05) is 6.92 Å². The molecule has 1 N–H and O–H groups in total. The van der Waals surface area contributed by atoms with E-state index in [0.29, 0.717) is 12.4 Å². The summed E-state index contributed by atoms with van der Waals surface area (Å²) in [6, 6.07) is 4.25. The second-order valence-corrected chi connectivity index (χ2v) is 20.2. The number of benzene rings is 1. The molecule has 2 aliphatic carbocycles. The molecule has 0 saturated carbocycles. The number of aryl methyl sites for hydroxylation is 2. The highest BCUT2D eigenvalue weighted by molar-refractivity contribution is 7.42. The normalized spacial score (nSPS) is 24.5. The smallest absolute Gasteiger partial charge is 0.397 e. The molecule has 0 radical (unpaired) electrons. The summed E-state index contributed by atoms with van der Waals surface area (Å²) in [5.41, 5.74) is 7.68. The highest BCUT2D eigenvalue weighted by atomic mass is 31.2. The molecule has 3 aliphatic rings. The predicted octanol–water partition coefficient (Wildman–Crippen LogP) is 12.2. The van der Waals surface area contributed by atoms with Crippen molar-refractivity contribution in [2.75, 3.05) is 6.61 Å². The van der Waals surface area contributed by atoms with Crippen LogP contribution in [0.2, 0.25) is 0 Å². The highest BCUT2D eigenvalue weighted by Crippen LogP contribution is 2.67. The van der Waals surface area contributed by atoms with Crippen LogP contribution in [-0.4, -0.2) is 17.8 Å². The molecule has 1 aromatic rings. The fourth-order valence-corrected chi connectivity index (χ4v) is 8.10. The van der Waals surface area contributed by atoms with E-state index in [4.69, 9.17) is 13.6 Å². The van der Waals surface area contributed by atoms with E-state index in [0.717, 1.165) is 36.1 Å². The van der Waals surface area contributed by atoms with E-state index >= 15 is 0 Å². The molecule has 46 heavy (non-hydrogen) atoms. The Hall–Kier alpha value is -1.87. The zero-order valence-electron chi connectivity index (χ0n) is 31.9. The average Bonchev–Trinajstić information content (AvgIpc) is 2.87. The van der Waals surface area contributed by atoms with Crippen LogP contribution in [0.3, 0.4) is 0 Å². The van der Waals surface area contributed by atoms with Gasteiger partial charge in [0, 0.05) is 0 Å². The fourth-order valence-electron chi connectivity index (χ4n) is 6.77. The zero-order valence-corrected chi connectivity index (χ0v) is 32.8. The van der Waals surface area contributed by atoms with Crippen molar-refractivity contribution in [2.45, 2.75) is 142 Å². The number of allylic oxidation sites excluding steroid dienone is 5. The van der Waals surface area contributed by atoms with E-state index in [9.17, 15) is 5.11 Å². The van der Waals surface area contributed by atoms with Crippen LogP contribution in [0.5, 0.6) is 5.75 Å². The number of hydrogen-bond donors (Lipinski definition) is 1. The molecule has 3 unspecified atom stereocenters. The van der Waals surface area contributed by atoms with Gasteiger partial charge in [-0.15, -0.1) is 0 Å². The van der Waals surface area contributed by atoms with Crippen molar-refractivity contribution < 1.29 is 18.7 Å². The molecule has 0 bridgehead atoms. The molecule has 1 aliphatic heterocycles. The Bertz CT molecular complexity index is 1450. The lowest BCUT2D eigenvalue weighted by Crippen LogP contribution is -2.49. The van der Waals surface area contributed by atoms with Gasteiger partial charge in [0.25, 0.3) is 0 Å². The second-order valence-electron chi connectivity index (χ2n) is 19.1. The first-order chi connectivity index (χ1) is 20.7. The van der Waals surface area contributed by atoms with E-state index in [1.54, 1.807) is 0 Å². The first-order valence-corrected chi connectivity index (χ1v) is 18.4. The molecular weight excluding hydrogens is 587 g/mol. The second kappa shape index (κ2) is 12.2. The quantitative estimate of drug-likeness (QED) is 0.254. The van der Waals surface area contributed by atoms with Crippen molar-refractivity contribution in [2.24, 2.45) is 27.1 Å². The topological polar surface area (TPSA) is 47.9 Å². The van der Waals surface area contributed by atoms with Gasteiger partial charge in [-0.05, 0) is 86.7 Å². The summed E-state index contributed by atoms with van der Waals surface area (Å²) in [5, 5.41) is 10.7. The minimum absolute atomic E-state index is 0.0121. The predicted molar refractivity (Wildman–Crippen MR) is 195 cm³/mol. The molecule has 4 rings (SSSR count). The standard InChI is InChI=1S/C41H63O4P/c1-26-20-27(21-30(33(26)42)38(8,9)10)18-17-19-43-46-44-34-31(39(11,12)13)22-28(36(2,3)4)24-41(34)25-29(37(5,6)7)23-32(35(41)45-46)40(14,15)16/h20-24,34,42H,17-19,25H2,1-16H3. The lowest BCUT2D eigenvalue weighted by Gasteiger charge is -2.54. The first kappa shape index (κ1) is 37.0. The van der Waals surface area contributed by atoms with Crippen LogP contribution in [0.4, 0.5) is 0 Å². The van der Waals surface area contributed by atoms with Gasteiger partial charge in [0.2, 0.25) is 0 Å². The summed E-state index contributed by atoms with van der Waals surface area (Å²) in [4.78, 5) is 0. The van der Waals surface area contributed by atoms with Crippen molar-refractivity contribution in [3.05, 3.63) is 75.1 Å². The van der Waals surface area contributed by atoms with Crippen LogP contribution in [0.25, 0.3) is 0 Å². The van der Waals surface area contributed by atoms with Crippen molar-refractivity contribution in [1.82, 2.24) is 0 Å². The SMILES string of the molecule is Cc1cc(CCCOP2OC3=C(C(C)(C)C)C=C(C(C)(C)C)CC34C=C(C(C)(C)C)C=C(C(C)(C)C)C4O2)cc(C(C)(C)C)c1O. The number of phenols is 1. The van der Waals surface area contributed by atoms with Gasteiger partial charge < -0.3 is 14.2 Å². The van der Waals surface area contributed by atoms with Crippen LogP contribution in [0.15, 0.2) is 58.4 Å². The first-order valence-electron chi connectivity index (χ1n) is 17.3. The highest BCUT2D eigenvalue weighted by Gasteiger charge is 2.58. The molecule has 0 amide bonds. The zero-order chi connectivity index (χ0) is 34.8. The van der Waals surface area contributed by atoms with Gasteiger partial charge in [-0.25, -0.2) is 0 Å². The van der Waals surface area contributed by atoms with Crippen LogP contribution in [0, 0.1) is 34.0 Å². The molecule has 3 atom stereocenters. The summed E-state index contributed by atoms with van der Waals surface area (Å²) in [6.07, 6.45) is 9.73. The van der Waals surface area contributed by atoms with E-state index in [2.05, 4.69) is 134 Å². The van der Waals surface area contributed by atoms with Crippen LogP contribution in [0.1, 0.15) is 133 Å². The molecule has 1 spiro atoms. The Labute approximate surface area is 282 Å². The molecule has 1 saturated heterocycles. The lowest BCUT2D eigenvalue weighted by atomic mass is 9.57. The van der Waals surface area contributed by atoms with Gasteiger partial charge in [-0.3, -0.25) is 4.52 Å². The minimum Gasteiger partial charge on any atom is -0.507 e. The molecular formula is C41H63O4P. The van der Waals surface area contributed by atoms with Crippen LogP contribution < -0.4 is 0 Å². The minimum atomic E-state index is -1.61. The monoisotopic (exact) mass is 650 g/mol. The summed E-state index contributed by atoms with van der Waals surface area (Å²) in [6.45, 7) is 36.7. The summed E-state index contributed by atoms with van der Waals surface area (Å²) >= 11 is 0. The molecule has 4 nitrogen and oxygen atoms in total. The summed E-state index contributed by atoms with van der Waals surface area (Å²) < 4.78 is 20.5. The molecule has 1 heterocycles. The molecule has 0 aromatic heterocycles. The maximum absolute atomic E-state index is 10.7. The molecule has 1 fully saturated rings. The van der Waals surface area contributed by atoms with Crippen molar-refractivity contribution in [1.29, 1.82) is 0 Å². The number of hydrogen-bond acceptors (Lipinski definition) is 4. The summed E-state index contributed by atoms with van der Waals surface area (Å²) in [5.74, 6) is 1.44. The van der Waals surface area contributed by atoms with Gasteiger partial charge in [0.15, 0.2) is 0 Å². The van der Waals surface area contributed by atoms with Crippen LogP contribution in [-0.2, 0) is 25.4 Å².